The van der Waals surface area contributed by atoms with E-state index in [4.69, 9.17) is 9.94 Å². The zero-order chi connectivity index (χ0) is 19.5. The summed E-state index contributed by atoms with van der Waals surface area (Å²) in [6, 6.07) is 17.8. The van der Waals surface area contributed by atoms with Crippen molar-refractivity contribution in [3.8, 4) is 0 Å². The maximum Gasteiger partial charge on any atom is 0.322 e. The van der Waals surface area contributed by atoms with Gasteiger partial charge in [-0.25, -0.2) is 5.06 Å². The van der Waals surface area contributed by atoms with Crippen molar-refractivity contribution in [3.63, 3.8) is 0 Å². The third kappa shape index (κ3) is 6.91. The molecular weight excluding hydrogens is 348 g/mol. The summed E-state index contributed by atoms with van der Waals surface area (Å²) in [6.45, 7) is -0.403. The van der Waals surface area contributed by atoms with Crippen LogP contribution >= 0.6 is 0 Å². The van der Waals surface area contributed by atoms with Crippen LogP contribution in [0.3, 0.4) is 0 Å². The van der Waals surface area contributed by atoms with Gasteiger partial charge in [-0.05, 0) is 24.0 Å². The summed E-state index contributed by atoms with van der Waals surface area (Å²) in [5.74, 6) is -1.73. The maximum atomic E-state index is 12.4. The Morgan fingerprint density at radius 1 is 1.04 bits per heavy atom. The van der Waals surface area contributed by atoms with Gasteiger partial charge in [-0.3, -0.25) is 19.2 Å². The number of carboxylic acids is 1. The Bertz CT molecular complexity index is 737. The van der Waals surface area contributed by atoms with Gasteiger partial charge in [0.05, 0.1) is 0 Å². The highest BCUT2D eigenvalue weighted by Crippen LogP contribution is 2.12. The second-order valence-electron chi connectivity index (χ2n) is 5.88. The fourth-order valence-corrected chi connectivity index (χ4v) is 2.52. The summed E-state index contributed by atoms with van der Waals surface area (Å²) in [6.07, 6.45) is 1.27. The number of aliphatic carboxylic acids is 1. The van der Waals surface area contributed by atoms with Gasteiger partial charge < -0.3 is 10.4 Å². The van der Waals surface area contributed by atoms with Crippen LogP contribution in [0.4, 0.5) is 0 Å². The lowest BCUT2D eigenvalue weighted by Crippen LogP contribution is -2.47. The number of carbonyl (C=O) groups is 3. The number of nitrogens with one attached hydrogen (secondary N) is 1. The fourth-order valence-electron chi connectivity index (χ4n) is 2.52. The molecule has 2 aromatic rings. The number of carbonyl (C=O) groups excluding carboxylic acids is 2. The fraction of sp³-hybridized carbons (Fsp3) is 0.250. The van der Waals surface area contributed by atoms with E-state index in [1.54, 1.807) is 0 Å². The predicted octanol–water partition coefficient (Wildman–Crippen LogP) is 1.78. The number of aryl methyl sites for hydroxylation is 1. The van der Waals surface area contributed by atoms with Gasteiger partial charge in [-0.2, -0.15) is 0 Å². The lowest BCUT2D eigenvalue weighted by atomic mass is 10.0. The minimum absolute atomic E-state index is 0.119. The molecule has 2 aromatic carbocycles. The molecule has 0 radical (unpaired) electrons. The lowest BCUT2D eigenvalue weighted by Gasteiger charge is -2.26. The molecule has 7 nitrogen and oxygen atoms in total. The molecule has 2 N–H and O–H groups in total. The van der Waals surface area contributed by atoms with Crippen molar-refractivity contribution >= 4 is 18.3 Å². The average Bonchev–Trinajstić information content (AvgIpc) is 2.70. The molecule has 0 fully saturated rings. The largest absolute Gasteiger partial charge is 0.480 e. The summed E-state index contributed by atoms with van der Waals surface area (Å²) in [5.41, 5.74) is 1.85. The number of benzene rings is 2. The molecular formula is C20H22N2O5. The van der Waals surface area contributed by atoms with E-state index < -0.39 is 24.5 Å². The quantitative estimate of drug-likeness (QED) is 0.464. The molecule has 0 bridgehead atoms. The van der Waals surface area contributed by atoms with Crippen LogP contribution < -0.4 is 5.32 Å². The third-order valence-electron chi connectivity index (χ3n) is 3.90. The molecule has 1 atom stereocenters. The standard InChI is InChI=1S/C20H22N2O5/c23-15-22(27-14-17-9-5-2-6-10-17)18(20(26)21-13-19(24)25)12-11-16-7-3-1-4-8-16/h1-10,15,18H,11-14H2,(H,21,26)(H,24,25). The summed E-state index contributed by atoms with van der Waals surface area (Å²) in [5, 5.41) is 12.0. The maximum absolute atomic E-state index is 12.4. The minimum atomic E-state index is -1.16. The number of amides is 2. The van der Waals surface area contributed by atoms with Gasteiger partial charge in [0.15, 0.2) is 0 Å². The van der Waals surface area contributed by atoms with Gasteiger partial charge >= 0.3 is 5.97 Å². The van der Waals surface area contributed by atoms with E-state index in [2.05, 4.69) is 5.32 Å². The highest BCUT2D eigenvalue weighted by atomic mass is 16.7. The summed E-state index contributed by atoms with van der Waals surface area (Å²) in [4.78, 5) is 40.2. The molecule has 0 aliphatic rings. The van der Waals surface area contributed by atoms with Crippen molar-refractivity contribution in [3.05, 3.63) is 71.8 Å². The number of rotatable bonds is 11. The zero-order valence-corrected chi connectivity index (χ0v) is 14.8. The summed E-state index contributed by atoms with van der Waals surface area (Å²) >= 11 is 0. The van der Waals surface area contributed by atoms with E-state index in [9.17, 15) is 14.4 Å². The molecule has 0 aliphatic carbocycles. The first-order chi connectivity index (χ1) is 13.1. The monoisotopic (exact) mass is 370 g/mol. The second kappa shape index (κ2) is 10.7. The van der Waals surface area contributed by atoms with Gasteiger partial charge in [0, 0.05) is 0 Å². The molecule has 0 saturated heterocycles. The third-order valence-corrected chi connectivity index (χ3v) is 3.90. The molecule has 0 heterocycles. The first-order valence-electron chi connectivity index (χ1n) is 8.54. The molecule has 0 aliphatic heterocycles. The van der Waals surface area contributed by atoms with Crippen molar-refractivity contribution < 1.29 is 24.3 Å². The predicted molar refractivity (Wildman–Crippen MR) is 98.3 cm³/mol. The van der Waals surface area contributed by atoms with Crippen molar-refractivity contribution in [1.82, 2.24) is 10.4 Å². The molecule has 7 heteroatoms. The Balaban J connectivity index is 2.05. The van der Waals surface area contributed by atoms with E-state index in [0.717, 1.165) is 16.2 Å². The van der Waals surface area contributed by atoms with Crippen LogP contribution in [0.2, 0.25) is 0 Å². The Hall–Kier alpha value is -3.19. The van der Waals surface area contributed by atoms with Crippen LogP contribution in [-0.4, -0.2) is 41.0 Å². The van der Waals surface area contributed by atoms with Crippen molar-refractivity contribution in [2.24, 2.45) is 0 Å². The van der Waals surface area contributed by atoms with Gasteiger partial charge in [0.1, 0.15) is 19.2 Å². The van der Waals surface area contributed by atoms with Crippen LogP contribution in [0.5, 0.6) is 0 Å². The molecule has 142 valence electrons. The van der Waals surface area contributed by atoms with Gasteiger partial charge in [0.25, 0.3) is 0 Å². The van der Waals surface area contributed by atoms with Gasteiger partial charge in [-0.15, -0.1) is 0 Å². The van der Waals surface area contributed by atoms with Crippen LogP contribution in [0, 0.1) is 0 Å². The Morgan fingerprint density at radius 2 is 1.63 bits per heavy atom. The number of hydroxylamine groups is 2. The SMILES string of the molecule is O=CN(OCc1ccccc1)C(CCc1ccccc1)C(=O)NCC(=O)O. The summed E-state index contributed by atoms with van der Waals surface area (Å²) in [7, 11) is 0. The number of hydrogen-bond donors (Lipinski definition) is 2. The first-order valence-corrected chi connectivity index (χ1v) is 8.54. The average molecular weight is 370 g/mol. The van der Waals surface area contributed by atoms with Crippen molar-refractivity contribution in [2.75, 3.05) is 6.54 Å². The summed E-state index contributed by atoms with van der Waals surface area (Å²) < 4.78 is 0. The van der Waals surface area contributed by atoms with E-state index in [0.29, 0.717) is 19.3 Å². The number of nitrogens with zero attached hydrogens (tertiary/aromatic N) is 1. The van der Waals surface area contributed by atoms with Crippen LogP contribution in [0.25, 0.3) is 0 Å². The highest BCUT2D eigenvalue weighted by molar-refractivity contribution is 5.86. The molecule has 2 rings (SSSR count). The highest BCUT2D eigenvalue weighted by Gasteiger charge is 2.26. The molecule has 0 saturated carbocycles. The Kier molecular flexibility index (Phi) is 7.99. The first kappa shape index (κ1) is 20.1. The molecule has 0 spiro atoms. The smallest absolute Gasteiger partial charge is 0.322 e. The van der Waals surface area contributed by atoms with Crippen LogP contribution in [0.15, 0.2) is 60.7 Å². The molecule has 1 unspecified atom stereocenters. The topological polar surface area (TPSA) is 95.9 Å². The van der Waals surface area contributed by atoms with Gasteiger partial charge in [-0.1, -0.05) is 60.7 Å². The normalized spacial score (nSPS) is 11.4. The second-order valence-corrected chi connectivity index (χ2v) is 5.88. The van der Waals surface area contributed by atoms with Gasteiger partial charge in [0.2, 0.25) is 12.3 Å². The molecule has 27 heavy (non-hydrogen) atoms. The molecule has 0 aromatic heterocycles. The number of hydrogen-bond acceptors (Lipinski definition) is 4. The number of carboxylic acid groups (broad SMARTS) is 1. The van der Waals surface area contributed by atoms with Crippen LogP contribution in [-0.2, 0) is 32.2 Å². The Morgan fingerprint density at radius 3 is 2.19 bits per heavy atom. The van der Waals surface area contributed by atoms with Crippen molar-refractivity contribution in [2.45, 2.75) is 25.5 Å². The zero-order valence-electron chi connectivity index (χ0n) is 14.8. The van der Waals surface area contributed by atoms with Crippen LogP contribution in [0.1, 0.15) is 17.5 Å². The van der Waals surface area contributed by atoms with E-state index in [1.165, 1.54) is 0 Å². The Labute approximate surface area is 157 Å². The van der Waals surface area contributed by atoms with Crippen molar-refractivity contribution in [1.29, 1.82) is 0 Å². The van der Waals surface area contributed by atoms with E-state index in [-0.39, 0.29) is 6.61 Å². The minimum Gasteiger partial charge on any atom is -0.480 e. The lowest BCUT2D eigenvalue weighted by molar-refractivity contribution is -0.195. The van der Waals surface area contributed by atoms with E-state index >= 15 is 0 Å². The van der Waals surface area contributed by atoms with E-state index in [1.807, 2.05) is 60.7 Å². The molecule has 2 amide bonds.